The molecule has 1 rings (SSSR count). The van der Waals surface area contributed by atoms with Crippen LogP contribution in [0.25, 0.3) is 0 Å². The van der Waals surface area contributed by atoms with E-state index in [4.69, 9.17) is 5.11 Å². The molecule has 0 aliphatic heterocycles. The summed E-state index contributed by atoms with van der Waals surface area (Å²) in [4.78, 5) is 0. The highest BCUT2D eigenvalue weighted by molar-refractivity contribution is 7.87. The van der Waals surface area contributed by atoms with E-state index in [1.807, 2.05) is 0 Å². The Morgan fingerprint density at radius 2 is 2.00 bits per heavy atom. The van der Waals surface area contributed by atoms with Crippen LogP contribution in [0.15, 0.2) is 0 Å². The molecule has 0 bridgehead atoms. The second-order valence-corrected chi connectivity index (χ2v) is 3.81. The molecular weight excluding hydrogens is 156 g/mol. The van der Waals surface area contributed by atoms with Gasteiger partial charge in [0.25, 0.3) is 10.2 Å². The van der Waals surface area contributed by atoms with Crippen LogP contribution in [-0.2, 0) is 10.2 Å². The van der Waals surface area contributed by atoms with Gasteiger partial charge in [-0.15, -0.1) is 0 Å². The first-order valence-corrected chi connectivity index (χ1v) is 4.50. The lowest BCUT2D eigenvalue weighted by Crippen LogP contribution is -2.48. The highest BCUT2D eigenvalue weighted by Crippen LogP contribution is 2.19. The van der Waals surface area contributed by atoms with Crippen LogP contribution in [0.3, 0.4) is 0 Å². The zero-order valence-corrected chi connectivity index (χ0v) is 6.13. The van der Waals surface area contributed by atoms with Crippen molar-refractivity contribution in [3.63, 3.8) is 0 Å². The molecule has 0 heterocycles. The number of rotatable bonds is 2. The molecule has 1 fully saturated rings. The molecule has 4 N–H and O–H groups in total. The first-order chi connectivity index (χ1) is 4.47. The predicted molar refractivity (Wildman–Crippen MR) is 35.3 cm³/mol. The summed E-state index contributed by atoms with van der Waals surface area (Å²) in [6.07, 6.45) is 0.576. The van der Waals surface area contributed by atoms with E-state index in [2.05, 4.69) is 9.86 Å². The summed E-state index contributed by atoms with van der Waals surface area (Å²) in [6.45, 7) is 0. The van der Waals surface area contributed by atoms with E-state index in [9.17, 15) is 8.42 Å². The van der Waals surface area contributed by atoms with Gasteiger partial charge in [-0.25, -0.2) is 5.14 Å². The average Bonchev–Trinajstić information content (AvgIpc) is 1.57. The Balaban J connectivity index is 2.30. The Kier molecular flexibility index (Phi) is 1.95. The minimum absolute atomic E-state index is 0.162. The monoisotopic (exact) mass is 166 g/mol. The Labute approximate surface area is 59.4 Å². The minimum Gasteiger partial charge on any atom is -0.393 e. The summed E-state index contributed by atoms with van der Waals surface area (Å²) in [7, 11) is -3.57. The molecule has 5 nitrogen and oxygen atoms in total. The number of nitrogens with one attached hydrogen (secondary N) is 1. The van der Waals surface area contributed by atoms with E-state index in [-0.39, 0.29) is 12.1 Å². The van der Waals surface area contributed by atoms with Crippen LogP contribution in [0.2, 0.25) is 0 Å². The number of hydrogen-bond donors (Lipinski definition) is 3. The van der Waals surface area contributed by atoms with Gasteiger partial charge < -0.3 is 5.11 Å². The van der Waals surface area contributed by atoms with Gasteiger partial charge in [0, 0.05) is 6.04 Å². The van der Waals surface area contributed by atoms with E-state index in [0.29, 0.717) is 12.8 Å². The lowest BCUT2D eigenvalue weighted by atomic mass is 9.91. The molecule has 1 saturated carbocycles. The summed E-state index contributed by atoms with van der Waals surface area (Å²) >= 11 is 0. The molecular formula is C4H10N2O3S. The fourth-order valence-electron chi connectivity index (χ4n) is 0.916. The van der Waals surface area contributed by atoms with Crippen LogP contribution in [0.1, 0.15) is 12.8 Å². The van der Waals surface area contributed by atoms with Crippen LogP contribution in [0.4, 0.5) is 0 Å². The minimum atomic E-state index is -3.57. The number of aliphatic hydroxyl groups excluding tert-OH is 1. The summed E-state index contributed by atoms with van der Waals surface area (Å²) in [5, 5.41) is 13.4. The van der Waals surface area contributed by atoms with E-state index in [1.54, 1.807) is 0 Å². The molecule has 0 radical (unpaired) electrons. The molecule has 0 saturated heterocycles. The van der Waals surface area contributed by atoms with Gasteiger partial charge in [0.05, 0.1) is 6.10 Å². The van der Waals surface area contributed by atoms with Crippen molar-refractivity contribution < 1.29 is 13.5 Å². The van der Waals surface area contributed by atoms with Crippen LogP contribution < -0.4 is 9.86 Å². The van der Waals surface area contributed by atoms with Gasteiger partial charge in [-0.1, -0.05) is 0 Å². The van der Waals surface area contributed by atoms with Crippen molar-refractivity contribution in [3.05, 3.63) is 0 Å². The third kappa shape index (κ3) is 2.22. The Morgan fingerprint density at radius 3 is 2.30 bits per heavy atom. The quantitative estimate of drug-likeness (QED) is 0.456. The number of nitrogens with two attached hydrogens (primary N) is 1. The van der Waals surface area contributed by atoms with Crippen molar-refractivity contribution in [2.24, 2.45) is 5.14 Å². The molecule has 1 aliphatic carbocycles. The van der Waals surface area contributed by atoms with Crippen molar-refractivity contribution in [1.82, 2.24) is 4.72 Å². The van der Waals surface area contributed by atoms with Crippen LogP contribution in [0.5, 0.6) is 0 Å². The van der Waals surface area contributed by atoms with Gasteiger partial charge >= 0.3 is 0 Å². The molecule has 0 unspecified atom stereocenters. The maximum Gasteiger partial charge on any atom is 0.274 e. The number of aliphatic hydroxyl groups is 1. The maximum absolute atomic E-state index is 10.3. The van der Waals surface area contributed by atoms with Gasteiger partial charge in [0.1, 0.15) is 0 Å². The van der Waals surface area contributed by atoms with Crippen molar-refractivity contribution in [2.45, 2.75) is 25.0 Å². The third-order valence-electron chi connectivity index (χ3n) is 1.44. The second-order valence-electron chi connectivity index (χ2n) is 2.49. The van der Waals surface area contributed by atoms with Crippen LogP contribution in [0, 0.1) is 0 Å². The van der Waals surface area contributed by atoms with E-state index < -0.39 is 10.2 Å². The maximum atomic E-state index is 10.3. The Morgan fingerprint density at radius 1 is 1.50 bits per heavy atom. The predicted octanol–water partition coefficient (Wildman–Crippen LogP) is -1.70. The largest absolute Gasteiger partial charge is 0.393 e. The first-order valence-electron chi connectivity index (χ1n) is 2.95. The summed E-state index contributed by atoms with van der Waals surface area (Å²) < 4.78 is 22.8. The molecule has 0 spiro atoms. The standard InChI is InChI=1S/C4H10N2O3S/c5-10(8,9)6-3-1-4(7)2-3/h3-4,6-7H,1-2H2,(H2,5,8,9). The average molecular weight is 166 g/mol. The molecule has 0 atom stereocenters. The summed E-state index contributed by atoms with van der Waals surface area (Å²) in [6, 6.07) is -0.162. The smallest absolute Gasteiger partial charge is 0.274 e. The molecule has 0 aromatic carbocycles. The normalized spacial score (nSPS) is 33.4. The fraction of sp³-hybridized carbons (Fsp3) is 1.00. The molecule has 0 amide bonds. The van der Waals surface area contributed by atoms with Gasteiger partial charge in [0.15, 0.2) is 0 Å². The van der Waals surface area contributed by atoms with Crippen molar-refractivity contribution >= 4 is 10.2 Å². The van der Waals surface area contributed by atoms with E-state index in [1.165, 1.54) is 0 Å². The highest BCUT2D eigenvalue weighted by atomic mass is 32.2. The van der Waals surface area contributed by atoms with Gasteiger partial charge in [0.2, 0.25) is 0 Å². The summed E-state index contributed by atoms with van der Waals surface area (Å²) in [5.74, 6) is 0. The van der Waals surface area contributed by atoms with Gasteiger partial charge in [-0.05, 0) is 12.8 Å². The van der Waals surface area contributed by atoms with E-state index in [0.717, 1.165) is 0 Å². The lowest BCUT2D eigenvalue weighted by Gasteiger charge is -2.30. The van der Waals surface area contributed by atoms with Gasteiger partial charge in [-0.2, -0.15) is 13.1 Å². The van der Waals surface area contributed by atoms with Crippen molar-refractivity contribution in [2.75, 3.05) is 0 Å². The fourth-order valence-corrected chi connectivity index (χ4v) is 1.57. The zero-order chi connectivity index (χ0) is 7.78. The van der Waals surface area contributed by atoms with Gasteiger partial charge in [-0.3, -0.25) is 0 Å². The molecule has 0 aromatic rings. The SMILES string of the molecule is NS(=O)(=O)NC1CC(O)C1. The third-order valence-corrected chi connectivity index (χ3v) is 2.11. The molecule has 0 aromatic heterocycles. The lowest BCUT2D eigenvalue weighted by molar-refractivity contribution is 0.0712. The highest BCUT2D eigenvalue weighted by Gasteiger charge is 2.29. The molecule has 60 valence electrons. The molecule has 10 heavy (non-hydrogen) atoms. The van der Waals surface area contributed by atoms with Crippen molar-refractivity contribution in [1.29, 1.82) is 0 Å². The Bertz CT molecular complexity index is 207. The molecule has 1 aliphatic rings. The van der Waals surface area contributed by atoms with Crippen molar-refractivity contribution in [3.8, 4) is 0 Å². The zero-order valence-electron chi connectivity index (χ0n) is 5.32. The topological polar surface area (TPSA) is 92.4 Å². The molecule has 6 heteroatoms. The Hall–Kier alpha value is -0.170. The summed E-state index contributed by atoms with van der Waals surface area (Å²) in [5.41, 5.74) is 0. The van der Waals surface area contributed by atoms with E-state index >= 15 is 0 Å². The second kappa shape index (κ2) is 2.46. The van der Waals surface area contributed by atoms with Crippen LogP contribution in [-0.4, -0.2) is 25.7 Å². The number of hydrogen-bond acceptors (Lipinski definition) is 3. The van der Waals surface area contributed by atoms with Crippen LogP contribution >= 0.6 is 0 Å². The first kappa shape index (κ1) is 7.93.